The van der Waals surface area contributed by atoms with Crippen molar-refractivity contribution in [3.63, 3.8) is 0 Å². The molecule has 0 fully saturated rings. The number of hydrogen-bond donors (Lipinski definition) is 1. The molecule has 0 radical (unpaired) electrons. The summed E-state index contributed by atoms with van der Waals surface area (Å²) in [6, 6.07) is 9.71. The van der Waals surface area contributed by atoms with Gasteiger partial charge in [-0.1, -0.05) is 45.0 Å². The Morgan fingerprint density at radius 1 is 1.06 bits per heavy atom. The van der Waals surface area contributed by atoms with Gasteiger partial charge in [0.2, 0.25) is 0 Å². The number of ether oxygens (including phenoxy) is 1. The van der Waals surface area contributed by atoms with Crippen LogP contribution in [0.25, 0.3) is 0 Å². The first kappa shape index (κ1) is 15.2. The average Bonchev–Trinajstić information content (AvgIpc) is 2.38. The van der Waals surface area contributed by atoms with Crippen molar-refractivity contribution in [2.75, 3.05) is 13.7 Å². The fraction of sp³-hybridized carbons (Fsp3) is 0.625. The molecule has 1 N–H and O–H groups in total. The van der Waals surface area contributed by atoms with Crippen molar-refractivity contribution in [2.45, 2.75) is 52.1 Å². The smallest absolute Gasteiger partial charge is 0.0615 e. The molecule has 2 heteroatoms. The highest BCUT2D eigenvalue weighted by Crippen LogP contribution is 2.19. The van der Waals surface area contributed by atoms with Crippen LogP contribution in [0, 0.1) is 0 Å². The van der Waals surface area contributed by atoms with Crippen LogP contribution >= 0.6 is 0 Å². The van der Waals surface area contributed by atoms with Crippen molar-refractivity contribution in [1.29, 1.82) is 0 Å². The quantitative estimate of drug-likeness (QED) is 0.791. The first-order chi connectivity index (χ1) is 8.58. The first-order valence-electron chi connectivity index (χ1n) is 6.93. The van der Waals surface area contributed by atoms with Gasteiger partial charge in [-0.15, -0.1) is 0 Å². The van der Waals surface area contributed by atoms with Gasteiger partial charge in [0, 0.05) is 19.2 Å². The summed E-state index contributed by atoms with van der Waals surface area (Å²) in [5.74, 6) is 0.596. The standard InChI is InChI=1S/C16H27NO/c1-6-16(11-18-5)17-13(4)15-9-7-14(8-10-15)12(2)3/h7-10,12-13,16-17H,6,11H2,1-5H3. The minimum Gasteiger partial charge on any atom is -0.383 e. The third-order valence-electron chi connectivity index (χ3n) is 3.45. The second kappa shape index (κ2) is 7.55. The molecule has 0 saturated carbocycles. The van der Waals surface area contributed by atoms with Gasteiger partial charge < -0.3 is 10.1 Å². The summed E-state index contributed by atoms with van der Waals surface area (Å²) in [5, 5.41) is 3.61. The van der Waals surface area contributed by atoms with Gasteiger partial charge in [-0.05, 0) is 30.4 Å². The maximum Gasteiger partial charge on any atom is 0.0615 e. The Balaban J connectivity index is 2.63. The van der Waals surface area contributed by atoms with E-state index in [1.807, 2.05) is 0 Å². The summed E-state index contributed by atoms with van der Waals surface area (Å²) in [5.41, 5.74) is 2.74. The molecule has 2 atom stereocenters. The van der Waals surface area contributed by atoms with Gasteiger partial charge in [-0.25, -0.2) is 0 Å². The van der Waals surface area contributed by atoms with E-state index in [0.29, 0.717) is 18.0 Å². The second-order valence-corrected chi connectivity index (χ2v) is 5.27. The lowest BCUT2D eigenvalue weighted by molar-refractivity contribution is 0.159. The molecule has 1 aromatic carbocycles. The SMILES string of the molecule is CCC(COC)NC(C)c1ccc(C(C)C)cc1. The van der Waals surface area contributed by atoms with Gasteiger partial charge >= 0.3 is 0 Å². The zero-order valence-corrected chi connectivity index (χ0v) is 12.4. The zero-order valence-electron chi connectivity index (χ0n) is 12.4. The first-order valence-corrected chi connectivity index (χ1v) is 6.93. The van der Waals surface area contributed by atoms with Crippen molar-refractivity contribution < 1.29 is 4.74 Å². The molecular formula is C16H27NO. The highest BCUT2D eigenvalue weighted by molar-refractivity contribution is 5.26. The van der Waals surface area contributed by atoms with E-state index in [9.17, 15) is 0 Å². The predicted molar refractivity (Wildman–Crippen MR) is 78.0 cm³/mol. The lowest BCUT2D eigenvalue weighted by Gasteiger charge is -2.22. The summed E-state index contributed by atoms with van der Waals surface area (Å²) in [4.78, 5) is 0. The van der Waals surface area contributed by atoms with E-state index in [2.05, 4.69) is 57.3 Å². The zero-order chi connectivity index (χ0) is 13.5. The molecule has 0 bridgehead atoms. The molecule has 0 heterocycles. The van der Waals surface area contributed by atoms with Gasteiger partial charge in [0.05, 0.1) is 6.61 Å². The molecule has 0 aliphatic carbocycles. The monoisotopic (exact) mass is 249 g/mol. The van der Waals surface area contributed by atoms with E-state index in [4.69, 9.17) is 4.74 Å². The third-order valence-corrected chi connectivity index (χ3v) is 3.45. The molecule has 1 rings (SSSR count). The van der Waals surface area contributed by atoms with E-state index in [0.717, 1.165) is 13.0 Å². The molecule has 0 aromatic heterocycles. The Labute approximate surface area is 112 Å². The van der Waals surface area contributed by atoms with E-state index in [-0.39, 0.29) is 0 Å². The fourth-order valence-electron chi connectivity index (χ4n) is 2.10. The van der Waals surface area contributed by atoms with Gasteiger partial charge in [0.25, 0.3) is 0 Å². The van der Waals surface area contributed by atoms with Crippen molar-refractivity contribution in [3.8, 4) is 0 Å². The maximum absolute atomic E-state index is 5.22. The average molecular weight is 249 g/mol. The Kier molecular flexibility index (Phi) is 6.37. The number of nitrogens with one attached hydrogen (secondary N) is 1. The molecule has 18 heavy (non-hydrogen) atoms. The predicted octanol–water partition coefficient (Wildman–Crippen LogP) is 3.89. The maximum atomic E-state index is 5.22. The summed E-state index contributed by atoms with van der Waals surface area (Å²) in [7, 11) is 1.76. The molecule has 2 unspecified atom stereocenters. The molecule has 0 aliphatic rings. The van der Waals surface area contributed by atoms with Crippen molar-refractivity contribution >= 4 is 0 Å². The Bertz CT molecular complexity index is 331. The minimum absolute atomic E-state index is 0.367. The van der Waals surface area contributed by atoms with Crippen LogP contribution in [-0.2, 0) is 4.74 Å². The Morgan fingerprint density at radius 2 is 1.61 bits per heavy atom. The number of rotatable bonds is 7. The number of hydrogen-bond acceptors (Lipinski definition) is 2. The molecule has 1 aromatic rings. The lowest BCUT2D eigenvalue weighted by atomic mass is 9.99. The molecular weight excluding hydrogens is 222 g/mol. The normalized spacial score (nSPS) is 14.8. The molecule has 2 nitrogen and oxygen atoms in total. The largest absolute Gasteiger partial charge is 0.383 e. The van der Waals surface area contributed by atoms with Gasteiger partial charge in [-0.2, -0.15) is 0 Å². The summed E-state index contributed by atoms with van der Waals surface area (Å²) >= 11 is 0. The fourth-order valence-corrected chi connectivity index (χ4v) is 2.10. The van der Waals surface area contributed by atoms with Crippen LogP contribution in [-0.4, -0.2) is 19.8 Å². The highest BCUT2D eigenvalue weighted by Gasteiger charge is 2.11. The van der Waals surface area contributed by atoms with E-state index >= 15 is 0 Å². The lowest BCUT2D eigenvalue weighted by Crippen LogP contribution is -2.34. The van der Waals surface area contributed by atoms with E-state index in [1.165, 1.54) is 11.1 Å². The molecule has 102 valence electrons. The summed E-state index contributed by atoms with van der Waals surface area (Å²) < 4.78 is 5.22. The second-order valence-electron chi connectivity index (χ2n) is 5.27. The topological polar surface area (TPSA) is 21.3 Å². The van der Waals surface area contributed by atoms with Gasteiger partial charge in [0.1, 0.15) is 0 Å². The van der Waals surface area contributed by atoms with Crippen molar-refractivity contribution in [2.24, 2.45) is 0 Å². The van der Waals surface area contributed by atoms with Crippen LogP contribution in [0.1, 0.15) is 57.2 Å². The Hall–Kier alpha value is -0.860. The van der Waals surface area contributed by atoms with Crippen molar-refractivity contribution in [3.05, 3.63) is 35.4 Å². The summed E-state index contributed by atoms with van der Waals surface area (Å²) in [6.07, 6.45) is 1.09. The molecule has 0 saturated heterocycles. The van der Waals surface area contributed by atoms with E-state index < -0.39 is 0 Å². The van der Waals surface area contributed by atoms with Crippen LogP contribution < -0.4 is 5.32 Å². The summed E-state index contributed by atoms with van der Waals surface area (Å²) in [6.45, 7) is 9.61. The Morgan fingerprint density at radius 3 is 2.06 bits per heavy atom. The van der Waals surface area contributed by atoms with Crippen LogP contribution in [0.2, 0.25) is 0 Å². The van der Waals surface area contributed by atoms with Gasteiger partial charge in [-0.3, -0.25) is 0 Å². The minimum atomic E-state index is 0.367. The molecule has 0 amide bonds. The van der Waals surface area contributed by atoms with Crippen molar-refractivity contribution in [1.82, 2.24) is 5.32 Å². The van der Waals surface area contributed by atoms with Crippen LogP contribution in [0.4, 0.5) is 0 Å². The van der Waals surface area contributed by atoms with E-state index in [1.54, 1.807) is 7.11 Å². The molecule has 0 aliphatic heterocycles. The van der Waals surface area contributed by atoms with Gasteiger partial charge in [0.15, 0.2) is 0 Å². The van der Waals surface area contributed by atoms with Crippen LogP contribution in [0.3, 0.4) is 0 Å². The third kappa shape index (κ3) is 4.43. The molecule has 0 spiro atoms. The highest BCUT2D eigenvalue weighted by atomic mass is 16.5. The van der Waals surface area contributed by atoms with Crippen LogP contribution in [0.15, 0.2) is 24.3 Å². The number of methoxy groups -OCH3 is 1. The van der Waals surface area contributed by atoms with Crippen LogP contribution in [0.5, 0.6) is 0 Å². The number of benzene rings is 1.